The zero-order valence-corrected chi connectivity index (χ0v) is 14.4. The predicted molar refractivity (Wildman–Crippen MR) is 94.9 cm³/mol. The lowest BCUT2D eigenvalue weighted by molar-refractivity contribution is 0.102. The molecule has 0 aliphatic carbocycles. The molecule has 6 nitrogen and oxygen atoms in total. The molecule has 1 amide bonds. The van der Waals surface area contributed by atoms with Crippen molar-refractivity contribution >= 4 is 27.3 Å². The first kappa shape index (κ1) is 18.0. The number of para-hydroxylation sites is 1. The van der Waals surface area contributed by atoms with Crippen LogP contribution in [0, 0.1) is 0 Å². The second-order valence-corrected chi connectivity index (χ2v) is 7.06. The summed E-state index contributed by atoms with van der Waals surface area (Å²) in [5.41, 5.74) is 2.24. The van der Waals surface area contributed by atoms with Crippen LogP contribution in [-0.2, 0) is 21.2 Å². The average Bonchev–Trinajstić information content (AvgIpc) is 2.53. The summed E-state index contributed by atoms with van der Waals surface area (Å²) in [6.45, 7) is 0.635. The largest absolute Gasteiger partial charge is 0.384 e. The molecule has 0 radical (unpaired) electrons. The molecular weight excluding hydrogens is 328 g/mol. The molecule has 2 N–H and O–H groups in total. The minimum absolute atomic E-state index is 0.245. The van der Waals surface area contributed by atoms with Gasteiger partial charge in [0.25, 0.3) is 5.91 Å². The Bertz CT molecular complexity index is 802. The molecule has 0 saturated carbocycles. The van der Waals surface area contributed by atoms with E-state index in [0.717, 1.165) is 18.2 Å². The number of anilines is 2. The first-order valence-corrected chi connectivity index (χ1v) is 9.24. The summed E-state index contributed by atoms with van der Waals surface area (Å²) in [6.07, 6.45) is 1.84. The van der Waals surface area contributed by atoms with Gasteiger partial charge >= 0.3 is 0 Å². The molecule has 128 valence electrons. The molecule has 0 heterocycles. The monoisotopic (exact) mass is 348 g/mol. The molecule has 0 atom stereocenters. The van der Waals surface area contributed by atoms with Gasteiger partial charge in [-0.3, -0.25) is 9.52 Å². The van der Waals surface area contributed by atoms with Gasteiger partial charge in [-0.2, -0.15) is 0 Å². The number of rotatable bonds is 7. The Morgan fingerprint density at radius 2 is 1.75 bits per heavy atom. The number of hydrogen-bond donors (Lipinski definition) is 2. The van der Waals surface area contributed by atoms with Crippen LogP contribution in [0.1, 0.15) is 15.9 Å². The number of methoxy groups -OCH3 is 1. The highest BCUT2D eigenvalue weighted by Crippen LogP contribution is 2.19. The van der Waals surface area contributed by atoms with Gasteiger partial charge < -0.3 is 10.1 Å². The molecule has 0 aliphatic heterocycles. The van der Waals surface area contributed by atoms with Crippen LogP contribution in [0.4, 0.5) is 11.4 Å². The summed E-state index contributed by atoms with van der Waals surface area (Å²) in [5, 5.41) is 2.76. The molecular formula is C17H20N2O4S. The molecule has 0 fully saturated rings. The van der Waals surface area contributed by atoms with Gasteiger partial charge in [-0.1, -0.05) is 24.3 Å². The summed E-state index contributed by atoms with van der Waals surface area (Å²) in [4.78, 5) is 12.4. The van der Waals surface area contributed by atoms with Crippen molar-refractivity contribution in [1.29, 1.82) is 0 Å². The van der Waals surface area contributed by atoms with E-state index >= 15 is 0 Å². The van der Waals surface area contributed by atoms with Gasteiger partial charge in [0.05, 0.1) is 24.1 Å². The van der Waals surface area contributed by atoms with E-state index in [1.807, 2.05) is 12.1 Å². The Kier molecular flexibility index (Phi) is 5.94. The number of carbonyl (C=O) groups is 1. The van der Waals surface area contributed by atoms with Gasteiger partial charge in [-0.15, -0.1) is 0 Å². The number of ether oxygens (including phenoxy) is 1. The van der Waals surface area contributed by atoms with Crippen molar-refractivity contribution < 1.29 is 17.9 Å². The van der Waals surface area contributed by atoms with Crippen molar-refractivity contribution in [1.82, 2.24) is 0 Å². The number of sulfonamides is 1. The summed E-state index contributed by atoms with van der Waals surface area (Å²) in [6, 6.07) is 13.9. The number of amides is 1. The second-order valence-electron chi connectivity index (χ2n) is 5.31. The van der Waals surface area contributed by atoms with E-state index in [2.05, 4.69) is 10.0 Å². The Morgan fingerprint density at radius 1 is 1.08 bits per heavy atom. The third-order valence-corrected chi connectivity index (χ3v) is 3.86. The first-order valence-electron chi connectivity index (χ1n) is 7.35. The molecule has 2 rings (SSSR count). The fraction of sp³-hybridized carbons (Fsp3) is 0.235. The van der Waals surface area contributed by atoms with Crippen molar-refractivity contribution in [2.75, 3.05) is 30.0 Å². The quantitative estimate of drug-likeness (QED) is 0.805. The summed E-state index contributed by atoms with van der Waals surface area (Å²) in [5.74, 6) is -0.383. The van der Waals surface area contributed by atoms with E-state index in [4.69, 9.17) is 4.74 Å². The number of hydrogen-bond acceptors (Lipinski definition) is 4. The standard InChI is InChI=1S/C17H20N2O4S/c1-23-12-11-13-7-9-14(10-8-13)18-17(20)15-5-3-4-6-16(15)19-24(2,21)22/h3-10,19H,11-12H2,1-2H3,(H,18,20). The van der Waals surface area contributed by atoms with Crippen molar-refractivity contribution in [3.05, 3.63) is 59.7 Å². The predicted octanol–water partition coefficient (Wildman–Crippen LogP) is 2.50. The topological polar surface area (TPSA) is 84.5 Å². The molecule has 0 aliphatic rings. The van der Waals surface area contributed by atoms with Crippen LogP contribution in [0.2, 0.25) is 0 Å². The van der Waals surface area contributed by atoms with Crippen LogP contribution in [0.3, 0.4) is 0 Å². The molecule has 0 spiro atoms. The van der Waals surface area contributed by atoms with Crippen LogP contribution in [0.25, 0.3) is 0 Å². The van der Waals surface area contributed by atoms with Crippen molar-refractivity contribution in [2.45, 2.75) is 6.42 Å². The Balaban J connectivity index is 2.12. The fourth-order valence-corrected chi connectivity index (χ4v) is 2.72. The molecule has 24 heavy (non-hydrogen) atoms. The van der Waals surface area contributed by atoms with E-state index in [9.17, 15) is 13.2 Å². The van der Waals surface area contributed by atoms with Gasteiger partial charge in [0.1, 0.15) is 0 Å². The molecule has 7 heteroatoms. The van der Waals surface area contributed by atoms with Crippen LogP contribution < -0.4 is 10.0 Å². The van der Waals surface area contributed by atoms with Gasteiger partial charge in [-0.05, 0) is 36.2 Å². The van der Waals surface area contributed by atoms with Crippen LogP contribution in [0.5, 0.6) is 0 Å². The minimum atomic E-state index is -3.46. The van der Waals surface area contributed by atoms with Crippen molar-refractivity contribution in [3.63, 3.8) is 0 Å². The molecule has 0 bridgehead atoms. The molecule has 0 aromatic heterocycles. The molecule has 0 unspecified atom stereocenters. The van der Waals surface area contributed by atoms with Gasteiger partial charge in [-0.25, -0.2) is 8.42 Å². The van der Waals surface area contributed by atoms with E-state index in [1.54, 1.807) is 43.5 Å². The van der Waals surface area contributed by atoms with Crippen LogP contribution >= 0.6 is 0 Å². The number of carbonyl (C=O) groups excluding carboxylic acids is 1. The van der Waals surface area contributed by atoms with E-state index in [1.165, 1.54) is 0 Å². The SMILES string of the molecule is COCCc1ccc(NC(=O)c2ccccc2NS(C)(=O)=O)cc1. The highest BCUT2D eigenvalue weighted by Gasteiger charge is 2.13. The zero-order valence-electron chi connectivity index (χ0n) is 13.6. The molecule has 2 aromatic rings. The summed E-state index contributed by atoms with van der Waals surface area (Å²) >= 11 is 0. The van der Waals surface area contributed by atoms with Crippen LogP contribution in [0.15, 0.2) is 48.5 Å². The summed E-state index contributed by atoms with van der Waals surface area (Å²) < 4.78 is 30.2. The number of benzene rings is 2. The fourth-order valence-electron chi connectivity index (χ4n) is 2.14. The van der Waals surface area contributed by atoms with E-state index in [-0.39, 0.29) is 17.2 Å². The van der Waals surface area contributed by atoms with Gasteiger partial charge in [0.15, 0.2) is 0 Å². The van der Waals surface area contributed by atoms with Gasteiger partial charge in [0, 0.05) is 12.8 Å². The molecule has 0 saturated heterocycles. The normalized spacial score (nSPS) is 11.1. The van der Waals surface area contributed by atoms with E-state index in [0.29, 0.717) is 12.3 Å². The smallest absolute Gasteiger partial charge is 0.257 e. The van der Waals surface area contributed by atoms with Crippen molar-refractivity contribution in [2.24, 2.45) is 0 Å². The lowest BCUT2D eigenvalue weighted by Gasteiger charge is -2.11. The Labute approximate surface area is 141 Å². The minimum Gasteiger partial charge on any atom is -0.384 e. The lowest BCUT2D eigenvalue weighted by atomic mass is 10.1. The Morgan fingerprint density at radius 3 is 2.38 bits per heavy atom. The highest BCUT2D eigenvalue weighted by molar-refractivity contribution is 7.92. The third-order valence-electron chi connectivity index (χ3n) is 3.27. The zero-order chi connectivity index (χ0) is 17.6. The maximum atomic E-state index is 12.4. The van der Waals surface area contributed by atoms with Crippen molar-refractivity contribution in [3.8, 4) is 0 Å². The average molecular weight is 348 g/mol. The first-order chi connectivity index (χ1) is 11.4. The maximum absolute atomic E-state index is 12.4. The highest BCUT2D eigenvalue weighted by atomic mass is 32.2. The number of nitrogens with one attached hydrogen (secondary N) is 2. The lowest BCUT2D eigenvalue weighted by Crippen LogP contribution is -2.17. The van der Waals surface area contributed by atoms with Crippen LogP contribution in [-0.4, -0.2) is 34.3 Å². The van der Waals surface area contributed by atoms with Gasteiger partial charge in [0.2, 0.25) is 10.0 Å². The maximum Gasteiger partial charge on any atom is 0.257 e. The summed E-state index contributed by atoms with van der Waals surface area (Å²) in [7, 11) is -1.81. The molecule has 2 aromatic carbocycles. The second kappa shape index (κ2) is 7.94. The third kappa shape index (κ3) is 5.36. The van der Waals surface area contributed by atoms with E-state index < -0.39 is 10.0 Å². The Hall–Kier alpha value is -2.38.